The van der Waals surface area contributed by atoms with Crippen LogP contribution in [0.2, 0.25) is 0 Å². The van der Waals surface area contributed by atoms with E-state index in [4.69, 9.17) is 28.4 Å². The number of carbonyl (C=O) groups is 3. The van der Waals surface area contributed by atoms with Gasteiger partial charge in [-0.3, -0.25) is 14.4 Å². The van der Waals surface area contributed by atoms with Crippen molar-refractivity contribution in [3.05, 3.63) is 11.6 Å². The minimum absolute atomic E-state index is 0.0243. The number of ether oxygens (including phenoxy) is 6. The average molecular weight is 835 g/mol. The maximum Gasteiger partial charge on any atom is 0.315 e. The van der Waals surface area contributed by atoms with Gasteiger partial charge in [-0.15, -0.1) is 0 Å². The molecular formula is C48H82O9S. The Bertz CT molecular complexity index is 1410. The topological polar surface area (TPSA) is 107 Å². The Labute approximate surface area is 357 Å². The largest absolute Gasteiger partial charge is 0.463 e. The molecule has 334 valence electrons. The first-order chi connectivity index (χ1) is 27.2. The van der Waals surface area contributed by atoms with Crippen LogP contribution in [0.5, 0.6) is 0 Å². The number of esters is 3. The third kappa shape index (κ3) is 10.9. The van der Waals surface area contributed by atoms with E-state index < -0.39 is 10.8 Å². The second kappa shape index (κ2) is 20.5. The fourth-order valence-corrected chi connectivity index (χ4v) is 12.4. The van der Waals surface area contributed by atoms with E-state index in [1.165, 1.54) is 51.4 Å². The van der Waals surface area contributed by atoms with E-state index in [0.717, 1.165) is 37.0 Å². The van der Waals surface area contributed by atoms with Crippen molar-refractivity contribution in [2.75, 3.05) is 52.2 Å². The molecule has 0 amide bonds. The normalized spacial score (nSPS) is 32.3. The molecule has 58 heavy (non-hydrogen) atoms. The van der Waals surface area contributed by atoms with Crippen LogP contribution in [0, 0.1) is 56.2 Å². The first-order valence-corrected chi connectivity index (χ1v) is 23.4. The summed E-state index contributed by atoms with van der Waals surface area (Å²) in [5.41, 5.74) is 1.03. The minimum atomic E-state index is -0.917. The van der Waals surface area contributed by atoms with Crippen LogP contribution >= 0.6 is 12.6 Å². The van der Waals surface area contributed by atoms with Crippen molar-refractivity contribution in [1.82, 2.24) is 0 Å². The van der Waals surface area contributed by atoms with E-state index in [-0.39, 0.29) is 80.2 Å². The molecule has 0 bridgehead atoms. The smallest absolute Gasteiger partial charge is 0.315 e. The quantitative estimate of drug-likeness (QED) is 0.0269. The lowest BCUT2D eigenvalue weighted by molar-refractivity contribution is -0.178. The Morgan fingerprint density at radius 2 is 1.47 bits per heavy atom. The lowest BCUT2D eigenvalue weighted by atomic mass is 9.39. The zero-order valence-electron chi connectivity index (χ0n) is 38.4. The van der Waals surface area contributed by atoms with Gasteiger partial charge in [0.15, 0.2) is 6.79 Å². The minimum Gasteiger partial charge on any atom is -0.463 e. The number of carbonyl (C=O) groups excluding carboxylic acids is 3. The second-order valence-corrected chi connectivity index (χ2v) is 21.2. The summed E-state index contributed by atoms with van der Waals surface area (Å²) in [6.07, 6.45) is 17.0. The van der Waals surface area contributed by atoms with Crippen molar-refractivity contribution in [2.45, 2.75) is 166 Å². The molecule has 0 aliphatic heterocycles. The lowest BCUT2D eigenvalue weighted by Gasteiger charge is -2.66. The van der Waals surface area contributed by atoms with E-state index in [2.05, 4.69) is 67.2 Å². The molecule has 0 aromatic heterocycles. The van der Waals surface area contributed by atoms with Gasteiger partial charge in [0.25, 0.3) is 0 Å². The molecule has 4 aliphatic carbocycles. The monoisotopic (exact) mass is 835 g/mol. The van der Waals surface area contributed by atoms with Crippen LogP contribution in [-0.4, -0.2) is 76.2 Å². The van der Waals surface area contributed by atoms with E-state index >= 15 is 0 Å². The van der Waals surface area contributed by atoms with Crippen LogP contribution < -0.4 is 0 Å². The van der Waals surface area contributed by atoms with Gasteiger partial charge in [0.05, 0.1) is 49.1 Å². The SMILES string of the molecule is CCC(C)(CC(C)(C)C(=O)OCOC1CC[C@@]2(C)C(=CC[C@H]3[C@]4(C)CC[C@](C)([C@H](C)CCCC(C)C)[C@H]4CC[C@@]32C)C1)C(=O)OCCOCCOCCOC(=O)CS. The van der Waals surface area contributed by atoms with Crippen LogP contribution in [0.4, 0.5) is 0 Å². The molecule has 9 atom stereocenters. The third-order valence-electron chi connectivity index (χ3n) is 16.4. The van der Waals surface area contributed by atoms with Crippen molar-refractivity contribution < 1.29 is 42.8 Å². The van der Waals surface area contributed by atoms with E-state index in [1.54, 1.807) is 5.57 Å². The Hall–Kier alpha value is -1.62. The Morgan fingerprint density at radius 3 is 2.10 bits per heavy atom. The summed E-state index contributed by atoms with van der Waals surface area (Å²) in [7, 11) is 0. The van der Waals surface area contributed by atoms with Gasteiger partial charge in [0.2, 0.25) is 0 Å². The van der Waals surface area contributed by atoms with Crippen molar-refractivity contribution >= 4 is 30.5 Å². The van der Waals surface area contributed by atoms with E-state index in [0.29, 0.717) is 36.4 Å². The molecule has 0 radical (unpaired) electrons. The average Bonchev–Trinajstić information content (AvgIpc) is 3.45. The molecule has 4 rings (SSSR count). The maximum absolute atomic E-state index is 13.4. The van der Waals surface area contributed by atoms with Gasteiger partial charge in [-0.1, -0.05) is 86.3 Å². The molecular weight excluding hydrogens is 753 g/mol. The summed E-state index contributed by atoms with van der Waals surface area (Å²) in [6, 6.07) is 0. The summed E-state index contributed by atoms with van der Waals surface area (Å²) in [5, 5.41) is 0. The van der Waals surface area contributed by atoms with E-state index in [9.17, 15) is 14.4 Å². The van der Waals surface area contributed by atoms with Crippen LogP contribution in [0.1, 0.15) is 160 Å². The van der Waals surface area contributed by atoms with Crippen LogP contribution in [0.25, 0.3) is 0 Å². The predicted molar refractivity (Wildman–Crippen MR) is 232 cm³/mol. The number of thiol groups is 1. The summed E-state index contributed by atoms with van der Waals surface area (Å²) in [6.45, 7) is 26.6. The lowest BCUT2D eigenvalue weighted by Crippen LogP contribution is -2.58. The number of hydrogen-bond acceptors (Lipinski definition) is 10. The van der Waals surface area contributed by atoms with Gasteiger partial charge in [-0.05, 0) is 130 Å². The molecule has 9 nitrogen and oxygen atoms in total. The first kappa shape index (κ1) is 49.0. The third-order valence-corrected chi connectivity index (χ3v) is 16.7. The highest BCUT2D eigenvalue weighted by molar-refractivity contribution is 7.81. The van der Waals surface area contributed by atoms with Crippen LogP contribution in [0.3, 0.4) is 0 Å². The molecule has 10 heteroatoms. The Kier molecular flexibility index (Phi) is 17.3. The van der Waals surface area contributed by atoms with Gasteiger partial charge >= 0.3 is 17.9 Å². The van der Waals surface area contributed by atoms with Crippen molar-refractivity contribution in [2.24, 2.45) is 56.2 Å². The zero-order valence-corrected chi connectivity index (χ0v) is 39.3. The summed E-state index contributed by atoms with van der Waals surface area (Å²) < 4.78 is 33.4. The maximum atomic E-state index is 13.4. The Morgan fingerprint density at radius 1 is 0.810 bits per heavy atom. The predicted octanol–water partition coefficient (Wildman–Crippen LogP) is 10.6. The van der Waals surface area contributed by atoms with Gasteiger partial charge in [-0.2, -0.15) is 12.6 Å². The highest BCUT2D eigenvalue weighted by atomic mass is 32.1. The molecule has 0 aromatic carbocycles. The molecule has 0 aromatic rings. The van der Waals surface area contributed by atoms with Crippen LogP contribution in [0.15, 0.2) is 11.6 Å². The molecule has 3 fully saturated rings. The fourth-order valence-electron chi connectivity index (χ4n) is 12.3. The summed E-state index contributed by atoms with van der Waals surface area (Å²) >= 11 is 3.85. The molecule has 0 spiro atoms. The Balaban J connectivity index is 1.23. The number of fused-ring (bicyclic) bond motifs is 5. The second-order valence-electron chi connectivity index (χ2n) is 20.9. The van der Waals surface area contributed by atoms with Crippen molar-refractivity contribution in [3.8, 4) is 0 Å². The molecule has 2 unspecified atom stereocenters. The van der Waals surface area contributed by atoms with Gasteiger partial charge in [0.1, 0.15) is 13.2 Å². The fraction of sp³-hybridized carbons (Fsp3) is 0.896. The van der Waals surface area contributed by atoms with E-state index in [1.807, 2.05) is 27.7 Å². The summed E-state index contributed by atoms with van der Waals surface area (Å²) in [5.74, 6) is 1.98. The molecule has 0 saturated heterocycles. The number of allylic oxidation sites excluding steroid dienone is 1. The summed E-state index contributed by atoms with van der Waals surface area (Å²) in [4.78, 5) is 37.7. The number of hydrogen-bond donors (Lipinski definition) is 1. The molecule has 0 heterocycles. The van der Waals surface area contributed by atoms with Gasteiger partial charge in [-0.25, -0.2) is 0 Å². The molecule has 3 saturated carbocycles. The molecule has 4 aliphatic rings. The standard InChI is InChI=1S/C48H82O9S/c1-12-44(7,42(51)55-29-27-53-25-24-52-26-28-54-40(49)31-58)32-43(5,6)41(50)57-33-56-37-18-20-47(10)36(30-37)16-17-39-46(9)23-22-45(8,35(4)15-13-14-34(2)3)38(46)19-21-48(39,47)11/h16,34-35,37-39,58H,12-15,17-33H2,1-11H3/t35-,37?,38-,39+,44?,45-,46-,47+,48+/m1/s1. The van der Waals surface area contributed by atoms with Crippen LogP contribution in [-0.2, 0) is 42.8 Å². The zero-order chi connectivity index (χ0) is 43.0. The van der Waals surface area contributed by atoms with Gasteiger partial charge < -0.3 is 28.4 Å². The van der Waals surface area contributed by atoms with Gasteiger partial charge in [0, 0.05) is 0 Å². The highest BCUT2D eigenvalue weighted by Gasteiger charge is 2.67. The molecule has 0 N–H and O–H groups in total. The van der Waals surface area contributed by atoms with Crippen molar-refractivity contribution in [1.29, 1.82) is 0 Å². The highest BCUT2D eigenvalue weighted by Crippen LogP contribution is 2.75. The first-order valence-electron chi connectivity index (χ1n) is 22.8. The number of rotatable bonds is 23. The van der Waals surface area contributed by atoms with Crippen molar-refractivity contribution in [3.63, 3.8) is 0 Å².